The zero-order valence-electron chi connectivity index (χ0n) is 18.4. The van der Waals surface area contributed by atoms with Crippen molar-refractivity contribution in [3.05, 3.63) is 48.0 Å². The van der Waals surface area contributed by atoms with E-state index in [1.54, 1.807) is 41.5 Å². The molecular formula is C23H31NO6. The minimum absolute atomic E-state index is 0.509. The Morgan fingerprint density at radius 3 is 2.40 bits per heavy atom. The van der Waals surface area contributed by atoms with Crippen molar-refractivity contribution in [1.29, 1.82) is 0 Å². The standard InChI is InChI=1S/C23H31NO6/c1-13(2)17-18(30-23(6,7)29-17)19(25)22(4,5)20(26)24-16(14(3)28-21(24)27)15-11-9-8-10-12-15/h8-12,14,16-19,25H,1H2,2-7H3/t14-,16-,17-,18-,19+/m0/s1. The first-order chi connectivity index (χ1) is 13.9. The number of nitrogens with zero attached hydrogens (tertiary/aromatic N) is 1. The Kier molecular flexibility index (Phi) is 5.84. The maximum absolute atomic E-state index is 13.6. The monoisotopic (exact) mass is 417 g/mol. The van der Waals surface area contributed by atoms with Crippen LogP contribution in [0.4, 0.5) is 4.79 Å². The molecule has 2 aliphatic rings. The molecule has 30 heavy (non-hydrogen) atoms. The van der Waals surface area contributed by atoms with Crippen LogP contribution in [0.1, 0.15) is 53.1 Å². The normalized spacial score (nSPS) is 29.6. The number of carbonyl (C=O) groups excluding carboxylic acids is 2. The van der Waals surface area contributed by atoms with Crippen LogP contribution in [0.2, 0.25) is 0 Å². The van der Waals surface area contributed by atoms with Crippen LogP contribution >= 0.6 is 0 Å². The summed E-state index contributed by atoms with van der Waals surface area (Å²) in [4.78, 5) is 27.3. The second-order valence-electron chi connectivity index (χ2n) is 9.15. The Hall–Kier alpha value is -2.22. The number of rotatable bonds is 5. The number of ether oxygens (including phenoxy) is 3. The lowest BCUT2D eigenvalue weighted by Crippen LogP contribution is -2.54. The molecule has 0 aliphatic carbocycles. The number of imide groups is 1. The molecule has 0 bridgehead atoms. The highest BCUT2D eigenvalue weighted by Gasteiger charge is 2.55. The second-order valence-corrected chi connectivity index (χ2v) is 9.15. The molecule has 0 saturated carbocycles. The van der Waals surface area contributed by atoms with Crippen LogP contribution in [-0.4, -0.2) is 52.2 Å². The van der Waals surface area contributed by atoms with E-state index in [4.69, 9.17) is 14.2 Å². The predicted octanol–water partition coefficient (Wildman–Crippen LogP) is 3.58. The van der Waals surface area contributed by atoms with E-state index in [1.807, 2.05) is 30.3 Å². The summed E-state index contributed by atoms with van der Waals surface area (Å²) in [6.45, 7) is 14.2. The highest BCUT2D eigenvalue weighted by Crippen LogP contribution is 2.42. The van der Waals surface area contributed by atoms with Gasteiger partial charge in [-0.15, -0.1) is 0 Å². The van der Waals surface area contributed by atoms with Crippen LogP contribution < -0.4 is 0 Å². The highest BCUT2D eigenvalue weighted by molar-refractivity contribution is 5.97. The predicted molar refractivity (Wildman–Crippen MR) is 110 cm³/mol. The van der Waals surface area contributed by atoms with Crippen molar-refractivity contribution in [2.24, 2.45) is 5.41 Å². The van der Waals surface area contributed by atoms with Gasteiger partial charge in [0.15, 0.2) is 5.79 Å². The SMILES string of the molecule is C=C(C)[C@@H]1OC(C)(C)O[C@@H]1[C@@H](O)C(C)(C)C(=O)N1C(=O)O[C@@H](C)[C@H]1c1ccccc1. The van der Waals surface area contributed by atoms with Gasteiger partial charge >= 0.3 is 6.09 Å². The molecule has 7 nitrogen and oxygen atoms in total. The van der Waals surface area contributed by atoms with E-state index in [-0.39, 0.29) is 0 Å². The van der Waals surface area contributed by atoms with Gasteiger partial charge in [-0.1, -0.05) is 36.9 Å². The summed E-state index contributed by atoms with van der Waals surface area (Å²) in [5.74, 6) is -1.46. The van der Waals surface area contributed by atoms with Crippen LogP contribution in [0.5, 0.6) is 0 Å². The molecule has 3 rings (SSSR count). The molecule has 1 aromatic rings. The van der Waals surface area contributed by atoms with Gasteiger partial charge in [-0.25, -0.2) is 9.69 Å². The molecule has 2 heterocycles. The van der Waals surface area contributed by atoms with Gasteiger partial charge in [0, 0.05) is 0 Å². The van der Waals surface area contributed by atoms with Crippen molar-refractivity contribution in [3.8, 4) is 0 Å². The Bertz CT molecular complexity index is 833. The number of carbonyl (C=O) groups is 2. The molecule has 0 radical (unpaired) electrons. The number of amides is 2. The Labute approximate surface area is 177 Å². The van der Waals surface area contributed by atoms with Crippen molar-refractivity contribution in [3.63, 3.8) is 0 Å². The topological polar surface area (TPSA) is 85.3 Å². The summed E-state index contributed by atoms with van der Waals surface area (Å²) < 4.78 is 17.2. The molecule has 5 atom stereocenters. The molecule has 2 amide bonds. The third kappa shape index (κ3) is 3.89. The van der Waals surface area contributed by atoms with E-state index in [9.17, 15) is 14.7 Å². The molecule has 0 spiro atoms. The molecule has 0 aromatic heterocycles. The third-order valence-corrected chi connectivity index (χ3v) is 5.78. The molecule has 164 valence electrons. The third-order valence-electron chi connectivity index (χ3n) is 5.78. The smallest absolute Gasteiger partial charge is 0.417 e. The van der Waals surface area contributed by atoms with Crippen molar-refractivity contribution < 1.29 is 28.9 Å². The van der Waals surface area contributed by atoms with E-state index in [0.717, 1.165) is 10.5 Å². The van der Waals surface area contributed by atoms with Crippen LogP contribution in [0, 0.1) is 5.41 Å². The van der Waals surface area contributed by atoms with Crippen molar-refractivity contribution in [2.75, 3.05) is 0 Å². The first-order valence-electron chi connectivity index (χ1n) is 10.1. The molecule has 7 heteroatoms. The zero-order chi connectivity index (χ0) is 22.4. The first-order valence-corrected chi connectivity index (χ1v) is 10.1. The lowest BCUT2D eigenvalue weighted by molar-refractivity contribution is -0.170. The van der Waals surface area contributed by atoms with Gasteiger partial charge in [-0.3, -0.25) is 4.79 Å². The van der Waals surface area contributed by atoms with Gasteiger partial charge in [0.25, 0.3) is 0 Å². The fourth-order valence-electron chi connectivity index (χ4n) is 4.13. The van der Waals surface area contributed by atoms with Gasteiger partial charge < -0.3 is 19.3 Å². The van der Waals surface area contributed by atoms with E-state index in [0.29, 0.717) is 5.57 Å². The number of hydrogen-bond donors (Lipinski definition) is 1. The minimum atomic E-state index is -1.35. The summed E-state index contributed by atoms with van der Waals surface area (Å²) >= 11 is 0. The average Bonchev–Trinajstić information content (AvgIpc) is 3.16. The van der Waals surface area contributed by atoms with Crippen LogP contribution in [0.25, 0.3) is 0 Å². The summed E-state index contributed by atoms with van der Waals surface area (Å²) in [7, 11) is 0. The summed E-state index contributed by atoms with van der Waals surface area (Å²) in [5.41, 5.74) is 0.123. The fourth-order valence-corrected chi connectivity index (χ4v) is 4.13. The first kappa shape index (κ1) is 22.5. The lowest BCUT2D eigenvalue weighted by atomic mass is 9.79. The Balaban J connectivity index is 1.92. The van der Waals surface area contributed by atoms with Gasteiger partial charge in [-0.05, 0) is 52.7 Å². The van der Waals surface area contributed by atoms with E-state index in [2.05, 4.69) is 6.58 Å². The Morgan fingerprint density at radius 2 is 1.83 bits per heavy atom. The van der Waals surface area contributed by atoms with Crippen LogP contribution in [0.15, 0.2) is 42.5 Å². The minimum Gasteiger partial charge on any atom is -0.443 e. The fraction of sp³-hybridized carbons (Fsp3) is 0.565. The van der Waals surface area contributed by atoms with Gasteiger partial charge in [0.1, 0.15) is 24.4 Å². The molecule has 1 aromatic carbocycles. The Morgan fingerprint density at radius 1 is 1.23 bits per heavy atom. The van der Waals surface area contributed by atoms with Gasteiger partial charge in [-0.2, -0.15) is 0 Å². The lowest BCUT2D eigenvalue weighted by Gasteiger charge is -2.37. The van der Waals surface area contributed by atoms with Crippen LogP contribution in [0.3, 0.4) is 0 Å². The van der Waals surface area contributed by atoms with Crippen molar-refractivity contribution >= 4 is 12.0 Å². The maximum atomic E-state index is 13.6. The molecule has 1 N–H and O–H groups in total. The zero-order valence-corrected chi connectivity index (χ0v) is 18.4. The number of aliphatic hydroxyl groups excluding tert-OH is 1. The van der Waals surface area contributed by atoms with Gasteiger partial charge in [0.2, 0.25) is 5.91 Å². The van der Waals surface area contributed by atoms with E-state index >= 15 is 0 Å². The number of hydrogen-bond acceptors (Lipinski definition) is 6. The average molecular weight is 418 g/mol. The van der Waals surface area contributed by atoms with Crippen molar-refractivity contribution in [1.82, 2.24) is 4.90 Å². The highest BCUT2D eigenvalue weighted by atomic mass is 16.8. The van der Waals surface area contributed by atoms with Crippen LogP contribution in [-0.2, 0) is 19.0 Å². The number of aliphatic hydroxyl groups is 1. The largest absolute Gasteiger partial charge is 0.443 e. The van der Waals surface area contributed by atoms with Crippen molar-refractivity contribution in [2.45, 2.75) is 77.8 Å². The summed E-state index contributed by atoms with van der Waals surface area (Å²) in [6.07, 6.45) is -3.85. The maximum Gasteiger partial charge on any atom is 0.417 e. The summed E-state index contributed by atoms with van der Waals surface area (Å²) in [6, 6.07) is 8.67. The molecule has 0 unspecified atom stereocenters. The number of benzene rings is 1. The molecule has 2 fully saturated rings. The summed E-state index contributed by atoms with van der Waals surface area (Å²) in [5, 5.41) is 11.2. The quantitative estimate of drug-likeness (QED) is 0.737. The number of cyclic esters (lactones) is 1. The van der Waals surface area contributed by atoms with Gasteiger partial charge in [0.05, 0.1) is 11.5 Å². The molecule has 2 saturated heterocycles. The molecule has 2 aliphatic heterocycles. The van der Waals surface area contributed by atoms with E-state index in [1.165, 1.54) is 0 Å². The second kappa shape index (κ2) is 7.80. The molecular weight excluding hydrogens is 386 g/mol. The van der Waals surface area contributed by atoms with E-state index < -0.39 is 53.7 Å².